The normalized spacial score (nSPS) is 11.2. The zero-order chi connectivity index (χ0) is 14.8. The molecule has 1 aromatic heterocycles. The van der Waals surface area contributed by atoms with Gasteiger partial charge in [-0.3, -0.25) is 10.1 Å². The molecule has 0 spiro atoms. The fraction of sp³-hybridized carbons (Fsp3) is 0. The summed E-state index contributed by atoms with van der Waals surface area (Å²) >= 11 is 11.8. The molecule has 20 heavy (non-hydrogen) atoms. The fourth-order valence-corrected chi connectivity index (χ4v) is 2.91. The maximum atomic E-state index is 12.1. The van der Waals surface area contributed by atoms with Crippen LogP contribution in [-0.2, 0) is 10.0 Å². The Bertz CT molecular complexity index is 701. The van der Waals surface area contributed by atoms with Gasteiger partial charge in [0.15, 0.2) is 0 Å². The van der Waals surface area contributed by atoms with Gasteiger partial charge < -0.3 is 0 Å². The molecule has 0 fully saturated rings. The molecule has 0 saturated carbocycles. The number of aromatic nitrogens is 2. The van der Waals surface area contributed by atoms with E-state index in [1.165, 1.54) is 12.1 Å². The maximum Gasteiger partial charge on any atom is 0.265 e. The summed E-state index contributed by atoms with van der Waals surface area (Å²) in [5.41, 5.74) is 2.29. The lowest BCUT2D eigenvalue weighted by Crippen LogP contribution is -2.16. The number of hydrogen-bond acceptors (Lipinski definition) is 6. The van der Waals surface area contributed by atoms with Gasteiger partial charge >= 0.3 is 0 Å². The number of rotatable bonds is 4. The Morgan fingerprint density at radius 3 is 2.15 bits per heavy atom. The second kappa shape index (κ2) is 5.80. The van der Waals surface area contributed by atoms with Crippen LogP contribution in [0.25, 0.3) is 0 Å². The smallest absolute Gasteiger partial charge is 0.265 e. The van der Waals surface area contributed by atoms with Crippen molar-refractivity contribution in [3.05, 3.63) is 40.6 Å². The summed E-state index contributed by atoms with van der Waals surface area (Å²) in [6.07, 6.45) is 2.21. The molecule has 0 bridgehead atoms. The molecule has 1 heterocycles. The molecule has 0 aliphatic carbocycles. The van der Waals surface area contributed by atoms with E-state index in [0.717, 1.165) is 12.4 Å². The van der Waals surface area contributed by atoms with E-state index in [0.29, 0.717) is 0 Å². The van der Waals surface area contributed by atoms with Crippen molar-refractivity contribution >= 4 is 44.9 Å². The zero-order valence-electron chi connectivity index (χ0n) is 9.84. The SMILES string of the molecule is NNc1ncc(S(=O)(=O)Nc2c(Cl)cccc2Cl)cn1. The number of nitrogen functional groups attached to an aromatic ring is 1. The summed E-state index contributed by atoms with van der Waals surface area (Å²) in [7, 11) is -3.90. The number of benzene rings is 1. The summed E-state index contributed by atoms with van der Waals surface area (Å²) in [5.74, 6) is 5.19. The van der Waals surface area contributed by atoms with E-state index < -0.39 is 10.0 Å². The third-order valence-corrected chi connectivity index (χ3v) is 4.20. The van der Waals surface area contributed by atoms with E-state index in [1.807, 2.05) is 0 Å². The highest BCUT2D eigenvalue weighted by atomic mass is 35.5. The molecule has 7 nitrogen and oxygen atoms in total. The van der Waals surface area contributed by atoms with Gasteiger partial charge in [-0.1, -0.05) is 29.3 Å². The van der Waals surface area contributed by atoms with Gasteiger partial charge in [-0.05, 0) is 12.1 Å². The molecule has 0 radical (unpaired) electrons. The number of nitrogens with zero attached hydrogens (tertiary/aromatic N) is 2. The molecule has 2 rings (SSSR count). The summed E-state index contributed by atoms with van der Waals surface area (Å²) in [5, 5.41) is 0.365. The molecular weight excluding hydrogens is 325 g/mol. The van der Waals surface area contributed by atoms with E-state index in [4.69, 9.17) is 29.0 Å². The summed E-state index contributed by atoms with van der Waals surface area (Å²) in [6.45, 7) is 0. The molecular formula is C10H9Cl2N5O2S. The minimum atomic E-state index is -3.90. The minimum Gasteiger partial charge on any atom is -0.292 e. The largest absolute Gasteiger partial charge is 0.292 e. The van der Waals surface area contributed by atoms with Crippen LogP contribution in [0.3, 0.4) is 0 Å². The Morgan fingerprint density at radius 2 is 1.65 bits per heavy atom. The Balaban J connectivity index is 2.35. The van der Waals surface area contributed by atoms with Crippen molar-refractivity contribution in [2.45, 2.75) is 4.90 Å². The number of nitrogens with one attached hydrogen (secondary N) is 2. The molecule has 0 unspecified atom stereocenters. The number of hydrazine groups is 1. The molecule has 10 heteroatoms. The lowest BCUT2D eigenvalue weighted by Gasteiger charge is -2.10. The van der Waals surface area contributed by atoms with E-state index >= 15 is 0 Å². The molecule has 0 amide bonds. The highest BCUT2D eigenvalue weighted by Crippen LogP contribution is 2.31. The standard InChI is InChI=1S/C10H9Cl2N5O2S/c11-7-2-1-3-8(12)9(7)17-20(18,19)6-4-14-10(16-13)15-5-6/h1-5,17H,13H2,(H,14,15,16). The van der Waals surface area contributed by atoms with Crippen molar-refractivity contribution in [3.8, 4) is 0 Å². The number of hydrogen-bond donors (Lipinski definition) is 3. The van der Waals surface area contributed by atoms with E-state index in [2.05, 4.69) is 20.1 Å². The lowest BCUT2D eigenvalue weighted by molar-refractivity contribution is 0.600. The van der Waals surface area contributed by atoms with E-state index in [1.54, 1.807) is 6.07 Å². The van der Waals surface area contributed by atoms with E-state index in [-0.39, 0.29) is 26.6 Å². The summed E-state index contributed by atoms with van der Waals surface area (Å²) in [6, 6.07) is 4.64. The van der Waals surface area contributed by atoms with Gasteiger partial charge in [-0.15, -0.1) is 0 Å². The third kappa shape index (κ3) is 3.10. The van der Waals surface area contributed by atoms with Crippen LogP contribution in [0, 0.1) is 0 Å². The highest BCUT2D eigenvalue weighted by molar-refractivity contribution is 7.92. The average Bonchev–Trinajstić information content (AvgIpc) is 2.43. The van der Waals surface area contributed by atoms with Crippen molar-refractivity contribution in [2.24, 2.45) is 5.84 Å². The van der Waals surface area contributed by atoms with Crippen molar-refractivity contribution in [2.75, 3.05) is 10.1 Å². The predicted octanol–water partition coefficient (Wildman–Crippen LogP) is 1.87. The second-order valence-corrected chi connectivity index (χ2v) is 6.09. The van der Waals surface area contributed by atoms with Crippen LogP contribution >= 0.6 is 23.2 Å². The van der Waals surface area contributed by atoms with Crippen molar-refractivity contribution in [3.63, 3.8) is 0 Å². The molecule has 4 N–H and O–H groups in total. The number of para-hydroxylation sites is 1. The topological polar surface area (TPSA) is 110 Å². The van der Waals surface area contributed by atoms with E-state index in [9.17, 15) is 8.42 Å². The Labute approximate surface area is 125 Å². The zero-order valence-corrected chi connectivity index (χ0v) is 12.2. The molecule has 0 atom stereocenters. The van der Waals surface area contributed by atoms with Crippen LogP contribution in [0.4, 0.5) is 11.6 Å². The van der Waals surface area contributed by atoms with Gasteiger partial charge in [0.05, 0.1) is 28.1 Å². The number of halogens is 2. The average molecular weight is 334 g/mol. The molecule has 2 aromatic rings. The van der Waals surface area contributed by atoms with Crippen molar-refractivity contribution in [1.29, 1.82) is 0 Å². The van der Waals surface area contributed by atoms with Gasteiger partial charge in [0, 0.05) is 0 Å². The van der Waals surface area contributed by atoms with Crippen LogP contribution in [0.15, 0.2) is 35.5 Å². The quantitative estimate of drug-likeness (QED) is 0.582. The monoisotopic (exact) mass is 333 g/mol. The number of sulfonamides is 1. The lowest BCUT2D eigenvalue weighted by atomic mass is 10.3. The van der Waals surface area contributed by atoms with Crippen LogP contribution in [0.2, 0.25) is 10.0 Å². The van der Waals surface area contributed by atoms with Crippen LogP contribution < -0.4 is 16.0 Å². The van der Waals surface area contributed by atoms with Gasteiger partial charge in [-0.2, -0.15) is 0 Å². The molecule has 0 aliphatic heterocycles. The first kappa shape index (κ1) is 14.8. The van der Waals surface area contributed by atoms with Crippen LogP contribution in [0.5, 0.6) is 0 Å². The predicted molar refractivity (Wildman–Crippen MR) is 77.1 cm³/mol. The van der Waals surface area contributed by atoms with Crippen molar-refractivity contribution in [1.82, 2.24) is 9.97 Å². The molecule has 106 valence electrons. The first-order valence-corrected chi connectivity index (χ1v) is 7.43. The van der Waals surface area contributed by atoms with Crippen LogP contribution in [-0.4, -0.2) is 18.4 Å². The summed E-state index contributed by atoms with van der Waals surface area (Å²) < 4.78 is 26.6. The van der Waals surface area contributed by atoms with Gasteiger partial charge in [0.2, 0.25) is 5.95 Å². The second-order valence-electron chi connectivity index (χ2n) is 3.59. The highest BCUT2D eigenvalue weighted by Gasteiger charge is 2.18. The fourth-order valence-electron chi connectivity index (χ4n) is 1.32. The molecule has 0 saturated heterocycles. The van der Waals surface area contributed by atoms with Crippen molar-refractivity contribution < 1.29 is 8.42 Å². The minimum absolute atomic E-state index is 0.0943. The van der Waals surface area contributed by atoms with Crippen LogP contribution in [0.1, 0.15) is 0 Å². The van der Waals surface area contributed by atoms with Gasteiger partial charge in [0.25, 0.3) is 10.0 Å². The third-order valence-electron chi connectivity index (χ3n) is 2.27. The maximum absolute atomic E-state index is 12.1. The first-order valence-electron chi connectivity index (χ1n) is 5.19. The Kier molecular flexibility index (Phi) is 4.29. The van der Waals surface area contributed by atoms with Gasteiger partial charge in [0.1, 0.15) is 4.90 Å². The first-order chi connectivity index (χ1) is 9.44. The number of nitrogens with two attached hydrogens (primary N) is 1. The molecule has 1 aromatic carbocycles. The Morgan fingerprint density at radius 1 is 1.10 bits per heavy atom. The number of anilines is 2. The molecule has 0 aliphatic rings. The Hall–Kier alpha value is -1.61. The van der Waals surface area contributed by atoms with Gasteiger partial charge in [-0.25, -0.2) is 24.2 Å². The summed E-state index contributed by atoms with van der Waals surface area (Å²) in [4.78, 5) is 7.29.